The van der Waals surface area contributed by atoms with Crippen molar-refractivity contribution in [3.63, 3.8) is 0 Å². The number of carbonyl (C=O) groups is 2. The van der Waals surface area contributed by atoms with E-state index in [2.05, 4.69) is 0 Å². The molecular weight excluding hydrogens is 686 g/mol. The predicted octanol–water partition coefficient (Wildman–Crippen LogP) is 8.16. The van der Waals surface area contributed by atoms with Gasteiger partial charge in [-0.25, -0.2) is 9.59 Å². The molecule has 3 aromatic carbocycles. The molecule has 0 saturated carbocycles. The van der Waals surface area contributed by atoms with Crippen LogP contribution in [0.1, 0.15) is 88.2 Å². The maximum atomic E-state index is 13.4. The third-order valence-corrected chi connectivity index (χ3v) is 10.9. The number of hydrogen-bond acceptors (Lipinski definition) is 9. The van der Waals surface area contributed by atoms with Crippen LogP contribution in [0.2, 0.25) is 0 Å². The fourth-order valence-electron chi connectivity index (χ4n) is 7.03. The van der Waals surface area contributed by atoms with Crippen molar-refractivity contribution in [2.24, 2.45) is 17.8 Å². The van der Waals surface area contributed by atoms with Crippen molar-refractivity contribution in [2.75, 3.05) is 13.2 Å². The van der Waals surface area contributed by atoms with E-state index in [1.54, 1.807) is 29.2 Å². The molecule has 5 rings (SSSR count). The number of benzene rings is 3. The maximum Gasteiger partial charge on any atom is 0.410 e. The van der Waals surface area contributed by atoms with Crippen molar-refractivity contribution in [2.45, 2.75) is 123 Å². The molecule has 2 fully saturated rings. The van der Waals surface area contributed by atoms with Crippen LogP contribution in [-0.2, 0) is 41.6 Å². The summed E-state index contributed by atoms with van der Waals surface area (Å²) in [5, 5.41) is 10.9. The van der Waals surface area contributed by atoms with Gasteiger partial charge in [0.25, 0.3) is 0 Å². The van der Waals surface area contributed by atoms with Gasteiger partial charge in [-0.05, 0) is 49.9 Å². The lowest BCUT2D eigenvalue weighted by Gasteiger charge is -2.47. The number of aliphatic hydroxyl groups excluding tert-OH is 1. The third kappa shape index (κ3) is 11.6. The Morgan fingerprint density at radius 2 is 1.24 bits per heavy atom. The molecular formula is C44H59NO9. The Balaban J connectivity index is 1.13. The summed E-state index contributed by atoms with van der Waals surface area (Å²) in [4.78, 5) is 28.3. The van der Waals surface area contributed by atoms with Crippen LogP contribution >= 0.6 is 0 Å². The standard InChI is InChI=1S/C44H59NO9/c1-30-33(4)51-42(32(3)38(30)46)54-39-31(2)34(5)52-43(40(39)53-41(47)37-24-16-11-17-25-37)49-27-19-8-6-7-18-26-45(28-35-20-12-9-13-21-35)44(48)50-29-36-22-14-10-15-23-36/h9-17,20-25,30-34,38-40,42-43,46H,6-8,18-19,26-29H2,1-5H3/t30-,31-,32?,33?,34?,38-,39-,40?,42-,43+/m0/s1. The van der Waals surface area contributed by atoms with E-state index in [0.29, 0.717) is 25.3 Å². The van der Waals surface area contributed by atoms with Gasteiger partial charge in [0.15, 0.2) is 18.7 Å². The molecule has 1 amide bonds. The van der Waals surface area contributed by atoms with Crippen molar-refractivity contribution < 1.29 is 43.1 Å². The van der Waals surface area contributed by atoms with Crippen LogP contribution < -0.4 is 0 Å². The van der Waals surface area contributed by atoms with Gasteiger partial charge in [-0.3, -0.25) is 0 Å². The van der Waals surface area contributed by atoms with Crippen molar-refractivity contribution >= 4 is 12.1 Å². The van der Waals surface area contributed by atoms with Crippen LogP contribution in [0.5, 0.6) is 0 Å². The molecule has 54 heavy (non-hydrogen) atoms. The Morgan fingerprint density at radius 1 is 0.667 bits per heavy atom. The smallest absolute Gasteiger partial charge is 0.410 e. The first-order valence-corrected chi connectivity index (χ1v) is 19.6. The minimum absolute atomic E-state index is 0.0386. The maximum absolute atomic E-state index is 13.4. The number of nitrogens with zero attached hydrogens (tertiary/aromatic N) is 1. The zero-order valence-electron chi connectivity index (χ0n) is 32.5. The fraction of sp³-hybridized carbons (Fsp3) is 0.545. The number of amides is 1. The molecule has 0 aliphatic carbocycles. The summed E-state index contributed by atoms with van der Waals surface area (Å²) in [5.41, 5.74) is 2.44. The lowest BCUT2D eigenvalue weighted by atomic mass is 9.86. The molecule has 3 aromatic rings. The zero-order valence-corrected chi connectivity index (χ0v) is 32.5. The molecule has 10 heteroatoms. The minimum Gasteiger partial charge on any atom is -0.451 e. The number of ether oxygens (including phenoxy) is 6. The zero-order chi connectivity index (χ0) is 38.5. The Morgan fingerprint density at radius 3 is 1.93 bits per heavy atom. The van der Waals surface area contributed by atoms with E-state index < -0.39 is 36.9 Å². The topological polar surface area (TPSA) is 113 Å². The third-order valence-electron chi connectivity index (χ3n) is 10.9. The van der Waals surface area contributed by atoms with Gasteiger partial charge in [0, 0.05) is 37.5 Å². The Labute approximate surface area is 321 Å². The lowest BCUT2D eigenvalue weighted by molar-refractivity contribution is -0.333. The highest BCUT2D eigenvalue weighted by molar-refractivity contribution is 5.89. The van der Waals surface area contributed by atoms with E-state index in [9.17, 15) is 14.7 Å². The second kappa shape index (κ2) is 20.8. The van der Waals surface area contributed by atoms with Crippen molar-refractivity contribution in [3.8, 4) is 0 Å². The second-order valence-corrected chi connectivity index (χ2v) is 14.9. The van der Waals surface area contributed by atoms with Crippen LogP contribution in [0.15, 0.2) is 91.0 Å². The van der Waals surface area contributed by atoms with Crippen LogP contribution in [-0.4, -0.2) is 78.3 Å². The van der Waals surface area contributed by atoms with E-state index in [4.69, 9.17) is 28.4 Å². The monoisotopic (exact) mass is 745 g/mol. The highest BCUT2D eigenvalue weighted by atomic mass is 16.7. The average Bonchev–Trinajstić information content (AvgIpc) is 3.19. The van der Waals surface area contributed by atoms with E-state index in [-0.39, 0.29) is 42.7 Å². The number of carbonyl (C=O) groups excluding carboxylic acids is 2. The van der Waals surface area contributed by atoms with Crippen molar-refractivity contribution in [3.05, 3.63) is 108 Å². The van der Waals surface area contributed by atoms with E-state index in [1.807, 2.05) is 101 Å². The van der Waals surface area contributed by atoms with E-state index >= 15 is 0 Å². The normalized spacial score (nSPS) is 28.3. The predicted molar refractivity (Wildman–Crippen MR) is 205 cm³/mol. The van der Waals surface area contributed by atoms with Gasteiger partial charge in [0.1, 0.15) is 12.7 Å². The molecule has 0 radical (unpaired) electrons. The summed E-state index contributed by atoms with van der Waals surface area (Å²) in [6, 6.07) is 28.5. The van der Waals surface area contributed by atoms with Crippen molar-refractivity contribution in [1.82, 2.24) is 4.90 Å². The molecule has 10 nitrogen and oxygen atoms in total. The molecule has 4 unspecified atom stereocenters. The number of rotatable bonds is 17. The quantitative estimate of drug-likeness (QED) is 0.108. The van der Waals surface area contributed by atoms with Gasteiger partial charge in [0.05, 0.1) is 23.9 Å². The van der Waals surface area contributed by atoms with Gasteiger partial charge in [-0.1, -0.05) is 119 Å². The van der Waals surface area contributed by atoms with Gasteiger partial charge < -0.3 is 38.4 Å². The highest BCUT2D eigenvalue weighted by Crippen LogP contribution is 2.37. The summed E-state index contributed by atoms with van der Waals surface area (Å²) in [5.74, 6) is -0.962. The average molecular weight is 746 g/mol. The van der Waals surface area contributed by atoms with Gasteiger partial charge in [0.2, 0.25) is 0 Å². The first-order chi connectivity index (χ1) is 26.1. The van der Waals surface area contributed by atoms with Crippen LogP contribution in [0.4, 0.5) is 4.79 Å². The number of unbranched alkanes of at least 4 members (excludes halogenated alkanes) is 4. The molecule has 10 atom stereocenters. The molecule has 0 aromatic heterocycles. The molecule has 2 aliphatic rings. The Kier molecular flexibility index (Phi) is 15.9. The summed E-state index contributed by atoms with van der Waals surface area (Å²) in [7, 11) is 0. The van der Waals surface area contributed by atoms with Crippen molar-refractivity contribution in [1.29, 1.82) is 0 Å². The summed E-state index contributed by atoms with van der Waals surface area (Å²) >= 11 is 0. The summed E-state index contributed by atoms with van der Waals surface area (Å²) in [6.07, 6.45) is 0.128. The van der Waals surface area contributed by atoms with Crippen LogP contribution in [0.3, 0.4) is 0 Å². The Hall–Kier alpha value is -3.80. The minimum atomic E-state index is -0.858. The largest absolute Gasteiger partial charge is 0.451 e. The number of hydrogen-bond donors (Lipinski definition) is 1. The molecule has 2 aliphatic heterocycles. The summed E-state index contributed by atoms with van der Waals surface area (Å²) < 4.78 is 37.3. The van der Waals surface area contributed by atoms with E-state index in [0.717, 1.165) is 43.2 Å². The van der Waals surface area contributed by atoms with Crippen LogP contribution in [0.25, 0.3) is 0 Å². The highest BCUT2D eigenvalue weighted by Gasteiger charge is 2.49. The molecule has 0 bridgehead atoms. The lowest BCUT2D eigenvalue weighted by Crippen LogP contribution is -2.59. The van der Waals surface area contributed by atoms with Gasteiger partial charge >= 0.3 is 12.1 Å². The van der Waals surface area contributed by atoms with Gasteiger partial charge in [-0.15, -0.1) is 0 Å². The molecule has 2 saturated heterocycles. The molecule has 294 valence electrons. The Bertz CT molecular complexity index is 1540. The number of aliphatic hydroxyl groups is 1. The number of esters is 1. The molecule has 0 spiro atoms. The SMILES string of the molecule is CC1[C@H](O[C@@H]2C(OC(=O)c3ccccc3)[C@H](OCCCCCCCN(Cc3ccccc3)C(=O)OCc3ccccc3)OC(C)[C@@H]2C)OC(C)[C@H](C)[C@@H]1O. The fourth-order valence-corrected chi connectivity index (χ4v) is 7.03. The summed E-state index contributed by atoms with van der Waals surface area (Å²) in [6.45, 7) is 11.5. The molecule has 1 N–H and O–H groups in total. The molecule has 2 heterocycles. The van der Waals surface area contributed by atoms with Gasteiger partial charge in [-0.2, -0.15) is 0 Å². The first kappa shape index (κ1) is 41.4. The second-order valence-electron chi connectivity index (χ2n) is 14.9. The van der Waals surface area contributed by atoms with E-state index in [1.165, 1.54) is 0 Å². The van der Waals surface area contributed by atoms with Crippen LogP contribution in [0, 0.1) is 17.8 Å². The first-order valence-electron chi connectivity index (χ1n) is 19.6.